The van der Waals surface area contributed by atoms with E-state index < -0.39 is 0 Å². The molecule has 1 rings (SSSR count). The van der Waals surface area contributed by atoms with Crippen LogP contribution < -0.4 is 4.74 Å². The van der Waals surface area contributed by atoms with Gasteiger partial charge in [0.25, 0.3) is 5.88 Å². The molecule has 0 aliphatic rings. The minimum absolute atomic E-state index is 0.115. The molecule has 0 fully saturated rings. The molecule has 0 saturated carbocycles. The van der Waals surface area contributed by atoms with Crippen molar-refractivity contribution >= 4 is 16.8 Å². The molecule has 1 aromatic rings. The summed E-state index contributed by atoms with van der Waals surface area (Å²) in [6.45, 7) is 0. The highest BCUT2D eigenvalue weighted by Gasteiger charge is 2.12. The van der Waals surface area contributed by atoms with Gasteiger partial charge in [-0.15, -0.1) is 0 Å². The predicted molar refractivity (Wildman–Crippen MR) is 33.5 cm³/mol. The normalized spacial score (nSPS) is 9.40. The van der Waals surface area contributed by atoms with Crippen LogP contribution in [0, 0.1) is 5.41 Å². The standard InChI is InChI=1S/C4H4ClN3O2/c1-9-4-2(3(5)6)7-10-8-4/h6H,1H3. The van der Waals surface area contributed by atoms with Crippen molar-refractivity contribution in [2.75, 3.05) is 7.11 Å². The highest BCUT2D eigenvalue weighted by molar-refractivity contribution is 6.68. The zero-order valence-corrected chi connectivity index (χ0v) is 5.84. The van der Waals surface area contributed by atoms with Gasteiger partial charge in [0.2, 0.25) is 5.69 Å². The van der Waals surface area contributed by atoms with Gasteiger partial charge in [-0.05, 0) is 10.3 Å². The number of nitrogens with one attached hydrogen (secondary N) is 1. The smallest absolute Gasteiger partial charge is 0.286 e. The van der Waals surface area contributed by atoms with Crippen LogP contribution >= 0.6 is 11.6 Å². The Labute approximate surface area is 61.4 Å². The van der Waals surface area contributed by atoms with Crippen molar-refractivity contribution in [3.05, 3.63) is 5.69 Å². The molecule has 0 unspecified atom stereocenters. The van der Waals surface area contributed by atoms with E-state index in [1.54, 1.807) is 0 Å². The molecule has 0 radical (unpaired) electrons. The van der Waals surface area contributed by atoms with Crippen molar-refractivity contribution < 1.29 is 9.37 Å². The van der Waals surface area contributed by atoms with E-state index in [0.29, 0.717) is 0 Å². The van der Waals surface area contributed by atoms with Crippen molar-refractivity contribution in [3.63, 3.8) is 0 Å². The van der Waals surface area contributed by atoms with E-state index in [-0.39, 0.29) is 16.7 Å². The highest BCUT2D eigenvalue weighted by atomic mass is 35.5. The van der Waals surface area contributed by atoms with Gasteiger partial charge in [0.1, 0.15) is 0 Å². The first kappa shape index (κ1) is 7.01. The van der Waals surface area contributed by atoms with Gasteiger partial charge in [0, 0.05) is 0 Å². The lowest BCUT2D eigenvalue weighted by molar-refractivity contribution is 0.281. The topological polar surface area (TPSA) is 72.0 Å². The SMILES string of the molecule is COc1nonc1C(=N)Cl. The number of halogens is 1. The lowest BCUT2D eigenvalue weighted by atomic mass is 10.5. The monoisotopic (exact) mass is 161 g/mol. The Morgan fingerprint density at radius 3 is 2.80 bits per heavy atom. The molecule has 0 aromatic carbocycles. The van der Waals surface area contributed by atoms with E-state index in [2.05, 4.69) is 19.7 Å². The van der Waals surface area contributed by atoms with E-state index in [9.17, 15) is 0 Å². The first-order valence-electron chi connectivity index (χ1n) is 2.36. The number of hydrogen-bond acceptors (Lipinski definition) is 5. The molecular weight excluding hydrogens is 158 g/mol. The lowest BCUT2D eigenvalue weighted by Crippen LogP contribution is -1.93. The number of aromatic nitrogens is 2. The minimum atomic E-state index is -0.252. The summed E-state index contributed by atoms with van der Waals surface area (Å²) in [7, 11) is 1.39. The van der Waals surface area contributed by atoms with Gasteiger partial charge >= 0.3 is 0 Å². The summed E-state index contributed by atoms with van der Waals surface area (Å²) in [5.41, 5.74) is 0.115. The number of nitrogens with zero attached hydrogens (tertiary/aromatic N) is 2. The Kier molecular flexibility index (Phi) is 1.86. The average Bonchev–Trinajstić information content (AvgIpc) is 2.33. The van der Waals surface area contributed by atoms with Gasteiger partial charge in [-0.2, -0.15) is 0 Å². The van der Waals surface area contributed by atoms with Crippen LogP contribution in [0.4, 0.5) is 0 Å². The summed E-state index contributed by atoms with van der Waals surface area (Å²) in [5, 5.41) is 13.3. The molecule has 0 aliphatic heterocycles. The number of hydrogen-bond donors (Lipinski definition) is 1. The third-order valence-corrected chi connectivity index (χ3v) is 1.04. The van der Waals surface area contributed by atoms with Crippen molar-refractivity contribution in [1.82, 2.24) is 10.3 Å². The summed E-state index contributed by atoms with van der Waals surface area (Å²) < 4.78 is 8.90. The van der Waals surface area contributed by atoms with Gasteiger partial charge in [0.15, 0.2) is 5.17 Å². The van der Waals surface area contributed by atoms with Gasteiger partial charge in [-0.25, -0.2) is 4.63 Å². The summed E-state index contributed by atoms with van der Waals surface area (Å²) in [6, 6.07) is 0. The maximum absolute atomic E-state index is 6.92. The van der Waals surface area contributed by atoms with Crippen LogP contribution in [0.15, 0.2) is 4.63 Å². The van der Waals surface area contributed by atoms with Crippen molar-refractivity contribution in [3.8, 4) is 5.88 Å². The molecule has 54 valence electrons. The summed E-state index contributed by atoms with van der Waals surface area (Å²) in [4.78, 5) is 0. The molecule has 0 spiro atoms. The van der Waals surface area contributed by atoms with Crippen molar-refractivity contribution in [2.24, 2.45) is 0 Å². The molecule has 1 N–H and O–H groups in total. The molecule has 0 atom stereocenters. The van der Waals surface area contributed by atoms with Crippen LogP contribution in [0.5, 0.6) is 5.88 Å². The third-order valence-electron chi connectivity index (χ3n) is 0.860. The van der Waals surface area contributed by atoms with Crippen LogP contribution in [-0.4, -0.2) is 22.6 Å². The van der Waals surface area contributed by atoms with Crippen molar-refractivity contribution in [1.29, 1.82) is 5.41 Å². The fourth-order valence-electron chi connectivity index (χ4n) is 0.448. The van der Waals surface area contributed by atoms with Gasteiger partial charge in [-0.1, -0.05) is 11.6 Å². The first-order valence-corrected chi connectivity index (χ1v) is 2.74. The number of methoxy groups -OCH3 is 1. The lowest BCUT2D eigenvalue weighted by Gasteiger charge is -1.90. The van der Waals surface area contributed by atoms with E-state index in [0.717, 1.165) is 0 Å². The van der Waals surface area contributed by atoms with Crippen LogP contribution in [-0.2, 0) is 0 Å². The largest absolute Gasteiger partial charge is 0.477 e. The summed E-state index contributed by atoms with van der Waals surface area (Å²) >= 11 is 5.27. The summed E-state index contributed by atoms with van der Waals surface area (Å²) in [6.07, 6.45) is 0. The molecule has 5 nitrogen and oxygen atoms in total. The molecule has 10 heavy (non-hydrogen) atoms. The number of rotatable bonds is 2. The van der Waals surface area contributed by atoms with Gasteiger partial charge in [-0.3, -0.25) is 5.41 Å². The molecular formula is C4H4ClN3O2. The maximum Gasteiger partial charge on any atom is 0.286 e. The van der Waals surface area contributed by atoms with E-state index in [1.807, 2.05) is 0 Å². The average molecular weight is 162 g/mol. The zero-order chi connectivity index (χ0) is 7.56. The predicted octanol–water partition coefficient (Wildman–Crippen LogP) is 0.642. The Bertz CT molecular complexity index is 246. The fraction of sp³-hybridized carbons (Fsp3) is 0.250. The molecule has 1 heterocycles. The van der Waals surface area contributed by atoms with E-state index >= 15 is 0 Å². The Hall–Kier alpha value is -1.10. The molecule has 6 heteroatoms. The molecule has 0 aliphatic carbocycles. The second kappa shape index (κ2) is 2.66. The molecule has 0 bridgehead atoms. The molecule has 1 aromatic heterocycles. The quantitative estimate of drug-likeness (QED) is 0.647. The third kappa shape index (κ3) is 1.08. The minimum Gasteiger partial charge on any atom is -0.477 e. The van der Waals surface area contributed by atoms with Crippen molar-refractivity contribution in [2.45, 2.75) is 0 Å². The number of ether oxygens (including phenoxy) is 1. The fourth-order valence-corrected chi connectivity index (χ4v) is 0.564. The second-order valence-electron chi connectivity index (χ2n) is 1.44. The first-order chi connectivity index (χ1) is 4.75. The van der Waals surface area contributed by atoms with Gasteiger partial charge < -0.3 is 4.74 Å². The van der Waals surface area contributed by atoms with Crippen LogP contribution in [0.2, 0.25) is 0 Å². The van der Waals surface area contributed by atoms with Crippen LogP contribution in [0.25, 0.3) is 0 Å². The zero-order valence-electron chi connectivity index (χ0n) is 5.09. The Morgan fingerprint density at radius 1 is 1.70 bits per heavy atom. The summed E-state index contributed by atoms with van der Waals surface area (Å²) in [5.74, 6) is 0.125. The molecule has 0 amide bonds. The Balaban J connectivity index is 3.01. The highest BCUT2D eigenvalue weighted by Crippen LogP contribution is 2.13. The molecule has 0 saturated heterocycles. The van der Waals surface area contributed by atoms with Crippen LogP contribution in [0.3, 0.4) is 0 Å². The van der Waals surface area contributed by atoms with Crippen LogP contribution in [0.1, 0.15) is 5.69 Å². The second-order valence-corrected chi connectivity index (χ2v) is 1.81. The van der Waals surface area contributed by atoms with Gasteiger partial charge in [0.05, 0.1) is 7.11 Å². The van der Waals surface area contributed by atoms with E-state index in [1.165, 1.54) is 7.11 Å². The maximum atomic E-state index is 6.92. The Morgan fingerprint density at radius 2 is 2.40 bits per heavy atom. The van der Waals surface area contributed by atoms with E-state index in [4.69, 9.17) is 17.0 Å².